The summed E-state index contributed by atoms with van der Waals surface area (Å²) in [5.74, 6) is 1.12. The molecule has 2 heterocycles. The third-order valence-electron chi connectivity index (χ3n) is 5.40. The van der Waals surface area contributed by atoms with Crippen LogP contribution in [0.15, 0.2) is 35.7 Å². The van der Waals surface area contributed by atoms with E-state index in [1.807, 2.05) is 23.5 Å². The molecule has 0 saturated carbocycles. The van der Waals surface area contributed by atoms with Gasteiger partial charge in [0.2, 0.25) is 0 Å². The van der Waals surface area contributed by atoms with Crippen LogP contribution in [0, 0.1) is 0 Å². The largest absolute Gasteiger partial charge is 0.508 e. The van der Waals surface area contributed by atoms with Crippen molar-refractivity contribution >= 4 is 11.3 Å². The topological polar surface area (TPSA) is 23.5 Å². The van der Waals surface area contributed by atoms with Crippen LogP contribution in [0.4, 0.5) is 0 Å². The quantitative estimate of drug-likeness (QED) is 0.918. The van der Waals surface area contributed by atoms with E-state index in [9.17, 15) is 5.11 Å². The summed E-state index contributed by atoms with van der Waals surface area (Å²) in [6.07, 6.45) is 5.95. The van der Waals surface area contributed by atoms with Crippen LogP contribution in [0.5, 0.6) is 5.75 Å². The van der Waals surface area contributed by atoms with E-state index in [0.29, 0.717) is 17.7 Å². The summed E-state index contributed by atoms with van der Waals surface area (Å²) < 4.78 is 0. The predicted molar refractivity (Wildman–Crippen MR) is 91.8 cm³/mol. The number of thiophene rings is 1. The van der Waals surface area contributed by atoms with E-state index >= 15 is 0 Å². The number of aromatic hydroxyl groups is 1. The third-order valence-corrected chi connectivity index (χ3v) is 6.33. The van der Waals surface area contributed by atoms with Crippen molar-refractivity contribution in [3.05, 3.63) is 51.7 Å². The number of phenolic OH excluding ortho intramolecular Hbond substituents is 1. The molecule has 1 fully saturated rings. The van der Waals surface area contributed by atoms with Gasteiger partial charge in [-0.1, -0.05) is 18.2 Å². The first-order valence-electron chi connectivity index (χ1n) is 8.40. The lowest BCUT2D eigenvalue weighted by molar-refractivity contribution is 0.113. The predicted octanol–water partition coefficient (Wildman–Crippen LogP) is 4.19. The minimum atomic E-state index is 0.506. The monoisotopic (exact) mass is 313 g/mol. The Morgan fingerprint density at radius 2 is 2.14 bits per heavy atom. The number of fused-ring (bicyclic) bond motifs is 3. The van der Waals surface area contributed by atoms with Crippen LogP contribution in [0.1, 0.15) is 41.2 Å². The molecule has 0 spiro atoms. The average Bonchev–Trinajstić information content (AvgIpc) is 3.06. The first-order valence-corrected chi connectivity index (χ1v) is 9.28. The highest BCUT2D eigenvalue weighted by Gasteiger charge is 2.36. The first-order chi connectivity index (χ1) is 10.8. The second-order valence-electron chi connectivity index (χ2n) is 6.56. The molecule has 0 radical (unpaired) electrons. The Bertz CT molecular complexity index is 637. The molecule has 22 heavy (non-hydrogen) atoms. The average molecular weight is 313 g/mol. The fraction of sp³-hybridized carbons (Fsp3) is 0.474. The molecule has 1 aromatic heterocycles. The second-order valence-corrected chi connectivity index (χ2v) is 7.60. The maximum absolute atomic E-state index is 10.1. The third kappa shape index (κ3) is 2.57. The Balaban J connectivity index is 1.53. The van der Waals surface area contributed by atoms with Crippen LogP contribution in [0.3, 0.4) is 0 Å². The minimum absolute atomic E-state index is 0.506. The van der Waals surface area contributed by atoms with E-state index in [4.69, 9.17) is 0 Å². The van der Waals surface area contributed by atoms with Gasteiger partial charge < -0.3 is 5.11 Å². The van der Waals surface area contributed by atoms with Gasteiger partial charge in [-0.2, -0.15) is 0 Å². The standard InChI is InChI=1S/C19H23NOS/c21-19-7-1-5-15-16-6-2-11-20(18(16)9-8-17(15)19)12-10-14-4-3-13-22-14/h1,3-5,7,13,16,18,21H,2,6,8-12H2. The molecule has 1 aliphatic carbocycles. The first kappa shape index (κ1) is 14.3. The van der Waals surface area contributed by atoms with E-state index in [2.05, 4.69) is 28.5 Å². The van der Waals surface area contributed by atoms with Crippen molar-refractivity contribution < 1.29 is 5.11 Å². The molecular weight excluding hydrogens is 290 g/mol. The highest BCUT2D eigenvalue weighted by atomic mass is 32.1. The Labute approximate surface area is 136 Å². The second kappa shape index (κ2) is 6.05. The van der Waals surface area contributed by atoms with Crippen LogP contribution < -0.4 is 0 Å². The van der Waals surface area contributed by atoms with Gasteiger partial charge in [-0.15, -0.1) is 11.3 Å². The molecule has 116 valence electrons. The van der Waals surface area contributed by atoms with E-state index < -0.39 is 0 Å². The van der Waals surface area contributed by atoms with Crippen LogP contribution in [-0.4, -0.2) is 29.1 Å². The summed E-state index contributed by atoms with van der Waals surface area (Å²) in [5, 5.41) is 12.3. The van der Waals surface area contributed by atoms with Gasteiger partial charge in [-0.3, -0.25) is 4.90 Å². The molecule has 1 aliphatic heterocycles. The van der Waals surface area contributed by atoms with Gasteiger partial charge in [0.05, 0.1) is 0 Å². The fourth-order valence-electron chi connectivity index (χ4n) is 4.36. The molecule has 1 N–H and O–H groups in total. The van der Waals surface area contributed by atoms with Gasteiger partial charge in [0.15, 0.2) is 0 Å². The fourth-order valence-corrected chi connectivity index (χ4v) is 5.06. The Morgan fingerprint density at radius 3 is 3.00 bits per heavy atom. The SMILES string of the molecule is Oc1cccc2c1CCC1C2CCCN1CCc1cccs1. The molecule has 2 nitrogen and oxygen atoms in total. The number of likely N-dealkylation sites (tertiary alicyclic amines) is 1. The summed E-state index contributed by atoms with van der Waals surface area (Å²) in [6.45, 7) is 2.41. The van der Waals surface area contributed by atoms with E-state index in [1.165, 1.54) is 54.8 Å². The van der Waals surface area contributed by atoms with Crippen molar-refractivity contribution in [2.45, 2.75) is 44.1 Å². The zero-order valence-electron chi connectivity index (χ0n) is 12.9. The lowest BCUT2D eigenvalue weighted by atomic mass is 9.74. The lowest BCUT2D eigenvalue weighted by Gasteiger charge is -2.45. The number of hydrogen-bond acceptors (Lipinski definition) is 3. The zero-order chi connectivity index (χ0) is 14.9. The molecule has 0 amide bonds. The molecule has 0 bridgehead atoms. The highest BCUT2D eigenvalue weighted by molar-refractivity contribution is 7.09. The molecule has 3 heteroatoms. The maximum atomic E-state index is 10.1. The summed E-state index contributed by atoms with van der Waals surface area (Å²) >= 11 is 1.87. The maximum Gasteiger partial charge on any atom is 0.119 e. The van der Waals surface area contributed by atoms with Gasteiger partial charge in [-0.05, 0) is 73.2 Å². The van der Waals surface area contributed by atoms with Crippen molar-refractivity contribution in [3.8, 4) is 5.75 Å². The molecule has 1 saturated heterocycles. The number of benzene rings is 1. The number of rotatable bonds is 3. The van der Waals surface area contributed by atoms with Crippen LogP contribution in [0.25, 0.3) is 0 Å². The van der Waals surface area contributed by atoms with E-state index in [-0.39, 0.29) is 0 Å². The van der Waals surface area contributed by atoms with Crippen molar-refractivity contribution in [1.82, 2.24) is 4.90 Å². The normalized spacial score (nSPS) is 24.7. The summed E-state index contributed by atoms with van der Waals surface area (Å²) in [5.41, 5.74) is 2.63. The van der Waals surface area contributed by atoms with Crippen LogP contribution >= 0.6 is 11.3 Å². The van der Waals surface area contributed by atoms with Gasteiger partial charge in [0.25, 0.3) is 0 Å². The molecule has 1 aromatic carbocycles. The Morgan fingerprint density at radius 1 is 1.18 bits per heavy atom. The molecule has 2 aromatic rings. The van der Waals surface area contributed by atoms with Crippen molar-refractivity contribution in [2.75, 3.05) is 13.1 Å². The van der Waals surface area contributed by atoms with E-state index in [0.717, 1.165) is 6.42 Å². The highest BCUT2D eigenvalue weighted by Crippen LogP contribution is 2.43. The van der Waals surface area contributed by atoms with Crippen molar-refractivity contribution in [3.63, 3.8) is 0 Å². The summed E-state index contributed by atoms with van der Waals surface area (Å²) in [6, 6.07) is 11.2. The molecule has 2 aliphatic rings. The smallest absolute Gasteiger partial charge is 0.119 e. The Hall–Kier alpha value is -1.32. The molecule has 2 atom stereocenters. The Kier molecular flexibility index (Phi) is 3.93. The van der Waals surface area contributed by atoms with Crippen molar-refractivity contribution in [2.24, 2.45) is 0 Å². The molecule has 4 rings (SSSR count). The number of phenols is 1. The van der Waals surface area contributed by atoms with Gasteiger partial charge in [-0.25, -0.2) is 0 Å². The van der Waals surface area contributed by atoms with E-state index in [1.54, 1.807) is 0 Å². The molecular formula is C19H23NOS. The van der Waals surface area contributed by atoms with Gasteiger partial charge >= 0.3 is 0 Å². The number of piperidine rings is 1. The van der Waals surface area contributed by atoms with Crippen molar-refractivity contribution in [1.29, 1.82) is 0 Å². The van der Waals surface area contributed by atoms with Gasteiger partial charge in [0.1, 0.15) is 5.75 Å². The summed E-state index contributed by atoms with van der Waals surface area (Å²) in [4.78, 5) is 4.21. The van der Waals surface area contributed by atoms with Crippen LogP contribution in [0.2, 0.25) is 0 Å². The molecule has 2 unspecified atom stereocenters. The number of hydrogen-bond donors (Lipinski definition) is 1. The lowest BCUT2D eigenvalue weighted by Crippen LogP contribution is -2.47. The summed E-state index contributed by atoms with van der Waals surface area (Å²) in [7, 11) is 0. The van der Waals surface area contributed by atoms with Gasteiger partial charge in [0, 0.05) is 17.5 Å². The number of nitrogens with zero attached hydrogens (tertiary/aromatic N) is 1. The van der Waals surface area contributed by atoms with Crippen LogP contribution in [-0.2, 0) is 12.8 Å². The minimum Gasteiger partial charge on any atom is -0.508 e. The zero-order valence-corrected chi connectivity index (χ0v) is 13.7.